The van der Waals surface area contributed by atoms with Crippen LogP contribution in [0.15, 0.2) is 18.2 Å². The molecule has 2 atom stereocenters. The Balaban J connectivity index is 1.95. The van der Waals surface area contributed by atoms with Gasteiger partial charge >= 0.3 is 0 Å². The van der Waals surface area contributed by atoms with E-state index < -0.39 is 0 Å². The topological polar surface area (TPSA) is 88.1 Å². The first-order valence-electron chi connectivity index (χ1n) is 6.86. The normalized spacial score (nSPS) is 22.7. The summed E-state index contributed by atoms with van der Waals surface area (Å²) in [6.07, 6.45) is 0. The van der Waals surface area contributed by atoms with E-state index in [0.717, 1.165) is 10.9 Å². The van der Waals surface area contributed by atoms with E-state index in [2.05, 4.69) is 24.9 Å². The number of carbonyl (C=O) groups excluding carboxylic acids is 1. The second-order valence-corrected chi connectivity index (χ2v) is 5.69. The number of benzene rings is 1. The number of carbonyl (C=O) groups is 1. The molecule has 5 heteroatoms. The van der Waals surface area contributed by atoms with Gasteiger partial charge in [-0.05, 0) is 37.1 Å². The van der Waals surface area contributed by atoms with Crippen LogP contribution in [0.25, 0.3) is 10.9 Å². The van der Waals surface area contributed by atoms with Gasteiger partial charge in [-0.1, -0.05) is 6.07 Å². The Morgan fingerprint density at radius 3 is 2.55 bits per heavy atom. The molecule has 1 fully saturated rings. The van der Waals surface area contributed by atoms with Crippen LogP contribution in [0.5, 0.6) is 0 Å². The zero-order valence-electron chi connectivity index (χ0n) is 11.8. The first kappa shape index (κ1) is 13.1. The molecule has 106 valence electrons. The minimum absolute atomic E-state index is 0.0262. The monoisotopic (exact) mass is 272 g/mol. The molecule has 5 nitrogen and oxygen atoms in total. The first-order valence-corrected chi connectivity index (χ1v) is 6.86. The van der Waals surface area contributed by atoms with Crippen LogP contribution < -0.4 is 11.5 Å². The summed E-state index contributed by atoms with van der Waals surface area (Å²) in [5.74, 6) is -0.0262. The number of aromatic amines is 1. The van der Waals surface area contributed by atoms with Gasteiger partial charge in [-0.3, -0.25) is 4.79 Å². The highest BCUT2D eigenvalue weighted by atomic mass is 16.2. The lowest BCUT2D eigenvalue weighted by Gasteiger charge is -2.14. The van der Waals surface area contributed by atoms with Crippen molar-refractivity contribution in [1.82, 2.24) is 9.88 Å². The van der Waals surface area contributed by atoms with Crippen LogP contribution >= 0.6 is 0 Å². The number of H-pyrrole nitrogens is 1. The van der Waals surface area contributed by atoms with Gasteiger partial charge in [0.25, 0.3) is 5.91 Å². The van der Waals surface area contributed by atoms with E-state index in [4.69, 9.17) is 11.5 Å². The predicted molar refractivity (Wildman–Crippen MR) is 79.6 cm³/mol. The Morgan fingerprint density at radius 1 is 1.25 bits per heavy atom. The van der Waals surface area contributed by atoms with E-state index in [1.165, 1.54) is 11.1 Å². The molecule has 3 rings (SSSR count). The van der Waals surface area contributed by atoms with Crippen LogP contribution in [0.3, 0.4) is 0 Å². The van der Waals surface area contributed by atoms with Gasteiger partial charge in [0.15, 0.2) is 0 Å². The Hall–Kier alpha value is -1.85. The molecule has 0 aliphatic carbocycles. The third-order valence-electron chi connectivity index (χ3n) is 4.27. The summed E-state index contributed by atoms with van der Waals surface area (Å²) in [5.41, 5.74) is 15.8. The van der Waals surface area contributed by atoms with Crippen molar-refractivity contribution in [1.29, 1.82) is 0 Å². The fraction of sp³-hybridized carbons (Fsp3) is 0.400. The average Bonchev–Trinajstić information content (AvgIpc) is 2.98. The van der Waals surface area contributed by atoms with Crippen molar-refractivity contribution in [2.24, 2.45) is 11.5 Å². The van der Waals surface area contributed by atoms with Gasteiger partial charge in [0.05, 0.1) is 0 Å². The summed E-state index contributed by atoms with van der Waals surface area (Å²) in [6, 6.07) is 5.73. The molecule has 2 heterocycles. The van der Waals surface area contributed by atoms with E-state index in [1.807, 2.05) is 12.1 Å². The number of amides is 1. The largest absolute Gasteiger partial charge is 0.351 e. The third kappa shape index (κ3) is 1.99. The molecule has 20 heavy (non-hydrogen) atoms. The van der Waals surface area contributed by atoms with Crippen LogP contribution in [0.1, 0.15) is 21.6 Å². The summed E-state index contributed by atoms with van der Waals surface area (Å²) in [4.78, 5) is 17.4. The molecule has 5 N–H and O–H groups in total. The molecule has 1 aliphatic rings. The number of hydrogen-bond donors (Lipinski definition) is 3. The highest BCUT2D eigenvalue weighted by Crippen LogP contribution is 2.23. The lowest BCUT2D eigenvalue weighted by atomic mass is 10.1. The molecular weight excluding hydrogens is 252 g/mol. The highest BCUT2D eigenvalue weighted by Gasteiger charge is 2.31. The van der Waals surface area contributed by atoms with E-state index >= 15 is 0 Å². The predicted octanol–water partition coefficient (Wildman–Crippen LogP) is 0.895. The Bertz CT molecular complexity index is 666. The standard InChI is InChI=1S/C15H20N4O/c1-8-3-4-13-10(9(8)2)5-14(18-13)15(20)19-6-11(16)12(17)7-19/h3-5,11-12,18H,6-7,16-17H2,1-2H3/t11-,12-/m1/s1. The van der Waals surface area contributed by atoms with Gasteiger partial charge in [0.2, 0.25) is 0 Å². The van der Waals surface area contributed by atoms with Gasteiger partial charge in [-0.15, -0.1) is 0 Å². The average molecular weight is 272 g/mol. The minimum atomic E-state index is -0.132. The molecule has 2 aromatic rings. The second kappa shape index (κ2) is 4.61. The van der Waals surface area contributed by atoms with Gasteiger partial charge in [-0.2, -0.15) is 0 Å². The van der Waals surface area contributed by atoms with E-state index in [9.17, 15) is 4.79 Å². The second-order valence-electron chi connectivity index (χ2n) is 5.69. The number of aromatic nitrogens is 1. The summed E-state index contributed by atoms with van der Waals surface area (Å²) in [7, 11) is 0. The minimum Gasteiger partial charge on any atom is -0.351 e. The summed E-state index contributed by atoms with van der Waals surface area (Å²) in [6.45, 7) is 5.18. The first-order chi connectivity index (χ1) is 9.47. The van der Waals surface area contributed by atoms with Crippen LogP contribution in [0.2, 0.25) is 0 Å². The van der Waals surface area contributed by atoms with Gasteiger partial charge < -0.3 is 21.4 Å². The molecule has 0 bridgehead atoms. The maximum absolute atomic E-state index is 12.5. The molecule has 0 spiro atoms. The van der Waals surface area contributed by atoms with Crippen molar-refractivity contribution in [3.63, 3.8) is 0 Å². The number of rotatable bonds is 1. The Morgan fingerprint density at radius 2 is 1.90 bits per heavy atom. The molecule has 1 amide bonds. The quantitative estimate of drug-likeness (QED) is 0.720. The van der Waals surface area contributed by atoms with Crippen LogP contribution in [-0.4, -0.2) is 41.0 Å². The van der Waals surface area contributed by atoms with Crippen molar-refractivity contribution >= 4 is 16.8 Å². The molecule has 1 saturated heterocycles. The number of nitrogens with zero attached hydrogens (tertiary/aromatic N) is 1. The Kier molecular flexibility index (Phi) is 3.03. The molecule has 1 aliphatic heterocycles. The van der Waals surface area contributed by atoms with Gasteiger partial charge in [0.1, 0.15) is 5.69 Å². The van der Waals surface area contributed by atoms with Crippen molar-refractivity contribution in [2.45, 2.75) is 25.9 Å². The van der Waals surface area contributed by atoms with Crippen LogP contribution in [0, 0.1) is 13.8 Å². The van der Waals surface area contributed by atoms with Crippen molar-refractivity contribution < 1.29 is 4.79 Å². The maximum Gasteiger partial charge on any atom is 0.270 e. The lowest BCUT2D eigenvalue weighted by Crippen LogP contribution is -2.39. The van der Waals surface area contributed by atoms with Crippen molar-refractivity contribution in [3.8, 4) is 0 Å². The van der Waals surface area contributed by atoms with Crippen LogP contribution in [-0.2, 0) is 0 Å². The zero-order chi connectivity index (χ0) is 14.4. The molecule has 1 aromatic heterocycles. The SMILES string of the molecule is Cc1ccc2[nH]c(C(=O)N3C[C@@H](N)[C@H](N)C3)cc2c1C. The van der Waals surface area contributed by atoms with Crippen LogP contribution in [0.4, 0.5) is 0 Å². The highest BCUT2D eigenvalue weighted by molar-refractivity contribution is 5.99. The lowest BCUT2D eigenvalue weighted by molar-refractivity contribution is 0.0784. The number of nitrogens with two attached hydrogens (primary N) is 2. The van der Waals surface area contributed by atoms with Gasteiger partial charge in [0, 0.05) is 36.1 Å². The third-order valence-corrected chi connectivity index (χ3v) is 4.27. The number of fused-ring (bicyclic) bond motifs is 1. The summed E-state index contributed by atoms with van der Waals surface area (Å²) >= 11 is 0. The molecular formula is C15H20N4O. The van der Waals surface area contributed by atoms with Crippen molar-refractivity contribution in [3.05, 3.63) is 35.0 Å². The molecule has 0 radical (unpaired) electrons. The fourth-order valence-corrected chi connectivity index (χ4v) is 2.76. The smallest absolute Gasteiger partial charge is 0.270 e. The van der Waals surface area contributed by atoms with Crippen molar-refractivity contribution in [2.75, 3.05) is 13.1 Å². The van der Waals surface area contributed by atoms with E-state index in [1.54, 1.807) is 4.90 Å². The van der Waals surface area contributed by atoms with Gasteiger partial charge in [-0.25, -0.2) is 0 Å². The molecule has 0 saturated carbocycles. The summed E-state index contributed by atoms with van der Waals surface area (Å²) in [5, 5.41) is 1.10. The summed E-state index contributed by atoms with van der Waals surface area (Å²) < 4.78 is 0. The van der Waals surface area contributed by atoms with E-state index in [0.29, 0.717) is 18.8 Å². The van der Waals surface area contributed by atoms with E-state index in [-0.39, 0.29) is 18.0 Å². The molecule has 1 aromatic carbocycles. The Labute approximate surface area is 117 Å². The molecule has 0 unspecified atom stereocenters. The maximum atomic E-state index is 12.5. The number of hydrogen-bond acceptors (Lipinski definition) is 3. The fourth-order valence-electron chi connectivity index (χ4n) is 2.76. The number of nitrogens with one attached hydrogen (secondary N) is 1. The number of likely N-dealkylation sites (tertiary alicyclic amines) is 1. The zero-order valence-corrected chi connectivity index (χ0v) is 11.8. The number of aryl methyl sites for hydroxylation is 2.